The Bertz CT molecular complexity index is 292. The zero-order chi connectivity index (χ0) is 13.5. The molecule has 5 heteroatoms. The number of carboxylic acids is 1. The Morgan fingerprint density at radius 2 is 2.17 bits per heavy atom. The molecule has 0 bridgehead atoms. The zero-order valence-electron chi connectivity index (χ0n) is 11.0. The van der Waals surface area contributed by atoms with Crippen molar-refractivity contribution in [3.05, 3.63) is 0 Å². The van der Waals surface area contributed by atoms with E-state index in [-0.39, 0.29) is 23.8 Å². The average Bonchev–Trinajstić information content (AvgIpc) is 2.74. The Balaban J connectivity index is 2.19. The van der Waals surface area contributed by atoms with Crippen LogP contribution >= 0.6 is 0 Å². The lowest BCUT2D eigenvalue weighted by atomic mass is 9.96. The highest BCUT2D eigenvalue weighted by Crippen LogP contribution is 2.31. The molecule has 0 aromatic carbocycles. The van der Waals surface area contributed by atoms with Gasteiger partial charge in [0.05, 0.1) is 5.92 Å². The van der Waals surface area contributed by atoms with E-state index >= 15 is 0 Å². The summed E-state index contributed by atoms with van der Waals surface area (Å²) in [6.45, 7) is 2.42. The van der Waals surface area contributed by atoms with Gasteiger partial charge in [0.15, 0.2) is 0 Å². The van der Waals surface area contributed by atoms with E-state index in [0.717, 1.165) is 32.1 Å². The van der Waals surface area contributed by atoms with Gasteiger partial charge in [-0.3, -0.25) is 9.59 Å². The van der Waals surface area contributed by atoms with Crippen LogP contribution in [0.2, 0.25) is 0 Å². The molecule has 4 N–H and O–H groups in total. The van der Waals surface area contributed by atoms with Crippen molar-refractivity contribution in [1.82, 2.24) is 5.32 Å². The summed E-state index contributed by atoms with van der Waals surface area (Å²) in [5.41, 5.74) is 5.61. The standard InChI is InChI=1S/C13H24N2O3/c1-9(14)4-2-7-12(16)15-8-10-5-3-6-11(10)13(17)18/h9-11H,2-8,14H2,1H3,(H,15,16)(H,17,18). The molecule has 18 heavy (non-hydrogen) atoms. The second-order valence-corrected chi connectivity index (χ2v) is 5.31. The number of hydrogen-bond donors (Lipinski definition) is 3. The van der Waals surface area contributed by atoms with Crippen LogP contribution < -0.4 is 11.1 Å². The second kappa shape index (κ2) is 7.36. The number of carboxylic acid groups (broad SMARTS) is 1. The van der Waals surface area contributed by atoms with Gasteiger partial charge in [-0.1, -0.05) is 6.42 Å². The van der Waals surface area contributed by atoms with Crippen molar-refractivity contribution in [3.63, 3.8) is 0 Å². The summed E-state index contributed by atoms with van der Waals surface area (Å²) in [4.78, 5) is 22.5. The molecule has 3 unspecified atom stereocenters. The van der Waals surface area contributed by atoms with Gasteiger partial charge >= 0.3 is 5.97 Å². The molecule has 0 saturated heterocycles. The fourth-order valence-corrected chi connectivity index (χ4v) is 2.52. The van der Waals surface area contributed by atoms with Crippen LogP contribution in [0.5, 0.6) is 0 Å². The molecule has 3 atom stereocenters. The van der Waals surface area contributed by atoms with E-state index in [4.69, 9.17) is 10.8 Å². The Morgan fingerprint density at radius 3 is 2.78 bits per heavy atom. The van der Waals surface area contributed by atoms with E-state index in [1.165, 1.54) is 0 Å². The highest BCUT2D eigenvalue weighted by atomic mass is 16.4. The molecule has 0 radical (unpaired) electrons. The van der Waals surface area contributed by atoms with Crippen molar-refractivity contribution < 1.29 is 14.7 Å². The summed E-state index contributed by atoms with van der Waals surface area (Å²) >= 11 is 0. The maximum Gasteiger partial charge on any atom is 0.306 e. The number of nitrogens with two attached hydrogens (primary N) is 1. The number of carbonyl (C=O) groups excluding carboxylic acids is 1. The number of amides is 1. The second-order valence-electron chi connectivity index (χ2n) is 5.31. The summed E-state index contributed by atoms with van der Waals surface area (Å²) in [5.74, 6) is -0.912. The number of carbonyl (C=O) groups is 2. The largest absolute Gasteiger partial charge is 0.481 e. The Morgan fingerprint density at radius 1 is 1.44 bits per heavy atom. The third-order valence-corrected chi connectivity index (χ3v) is 3.60. The molecule has 0 aliphatic heterocycles. The third kappa shape index (κ3) is 5.04. The minimum atomic E-state index is -0.733. The van der Waals surface area contributed by atoms with Gasteiger partial charge in [-0.05, 0) is 38.5 Å². The summed E-state index contributed by atoms with van der Waals surface area (Å²) in [6, 6.07) is 0.129. The summed E-state index contributed by atoms with van der Waals surface area (Å²) in [5, 5.41) is 11.9. The highest BCUT2D eigenvalue weighted by molar-refractivity contribution is 5.76. The van der Waals surface area contributed by atoms with E-state index in [9.17, 15) is 9.59 Å². The minimum absolute atomic E-state index is 0.00619. The monoisotopic (exact) mass is 256 g/mol. The van der Waals surface area contributed by atoms with Crippen LogP contribution in [0.4, 0.5) is 0 Å². The van der Waals surface area contributed by atoms with E-state index < -0.39 is 5.97 Å². The third-order valence-electron chi connectivity index (χ3n) is 3.60. The predicted molar refractivity (Wildman–Crippen MR) is 69.0 cm³/mol. The lowest BCUT2D eigenvalue weighted by Gasteiger charge is -2.16. The lowest BCUT2D eigenvalue weighted by molar-refractivity contribution is -0.143. The smallest absolute Gasteiger partial charge is 0.306 e. The van der Waals surface area contributed by atoms with Crippen LogP contribution in [0.3, 0.4) is 0 Å². The van der Waals surface area contributed by atoms with E-state index in [2.05, 4.69) is 5.32 Å². The maximum atomic E-state index is 11.6. The van der Waals surface area contributed by atoms with Gasteiger partial charge in [-0.15, -0.1) is 0 Å². The van der Waals surface area contributed by atoms with Crippen LogP contribution in [-0.2, 0) is 9.59 Å². The molecule has 1 fully saturated rings. The van der Waals surface area contributed by atoms with Gasteiger partial charge in [-0.25, -0.2) is 0 Å². The van der Waals surface area contributed by atoms with Crippen molar-refractivity contribution in [3.8, 4) is 0 Å². The first-order valence-electron chi connectivity index (χ1n) is 6.75. The van der Waals surface area contributed by atoms with Crippen molar-refractivity contribution in [2.75, 3.05) is 6.54 Å². The fourth-order valence-electron chi connectivity index (χ4n) is 2.52. The van der Waals surface area contributed by atoms with Crippen molar-refractivity contribution in [2.24, 2.45) is 17.6 Å². The number of nitrogens with one attached hydrogen (secondary N) is 1. The topological polar surface area (TPSA) is 92.4 Å². The lowest BCUT2D eigenvalue weighted by Crippen LogP contribution is -2.33. The molecule has 0 spiro atoms. The Hall–Kier alpha value is -1.10. The predicted octanol–water partition coefficient (Wildman–Crippen LogP) is 1.12. The molecule has 5 nitrogen and oxygen atoms in total. The molecular formula is C13H24N2O3. The van der Waals surface area contributed by atoms with Gasteiger partial charge in [0.2, 0.25) is 5.91 Å². The highest BCUT2D eigenvalue weighted by Gasteiger charge is 2.32. The van der Waals surface area contributed by atoms with Crippen LogP contribution in [0.1, 0.15) is 45.4 Å². The zero-order valence-corrected chi connectivity index (χ0v) is 11.0. The first kappa shape index (κ1) is 15.0. The van der Waals surface area contributed by atoms with Crippen molar-refractivity contribution in [1.29, 1.82) is 0 Å². The summed E-state index contributed by atoms with van der Waals surface area (Å²) in [7, 11) is 0. The number of aliphatic carboxylic acids is 1. The molecule has 0 aromatic heterocycles. The maximum absolute atomic E-state index is 11.6. The minimum Gasteiger partial charge on any atom is -0.481 e. The van der Waals surface area contributed by atoms with Gasteiger partial charge in [0.1, 0.15) is 0 Å². The van der Waals surface area contributed by atoms with E-state index in [1.807, 2.05) is 6.92 Å². The molecule has 1 saturated carbocycles. The quantitative estimate of drug-likeness (QED) is 0.636. The SMILES string of the molecule is CC(N)CCCC(=O)NCC1CCCC1C(=O)O. The molecule has 1 aliphatic rings. The van der Waals surface area contributed by atoms with Gasteiger partial charge in [-0.2, -0.15) is 0 Å². The van der Waals surface area contributed by atoms with E-state index in [1.54, 1.807) is 0 Å². The van der Waals surface area contributed by atoms with Gasteiger partial charge in [0.25, 0.3) is 0 Å². The molecular weight excluding hydrogens is 232 g/mol. The molecule has 0 aromatic rings. The first-order valence-corrected chi connectivity index (χ1v) is 6.75. The van der Waals surface area contributed by atoms with Crippen molar-refractivity contribution >= 4 is 11.9 Å². The number of rotatable bonds is 7. The molecule has 1 amide bonds. The Labute approximate surface area is 108 Å². The van der Waals surface area contributed by atoms with E-state index in [0.29, 0.717) is 13.0 Å². The molecule has 1 rings (SSSR count). The van der Waals surface area contributed by atoms with Gasteiger partial charge in [0, 0.05) is 19.0 Å². The normalized spacial score (nSPS) is 24.8. The summed E-state index contributed by atoms with van der Waals surface area (Å²) in [6.07, 6.45) is 4.69. The van der Waals surface area contributed by atoms with Gasteiger partial charge < -0.3 is 16.2 Å². The fraction of sp³-hybridized carbons (Fsp3) is 0.846. The molecule has 0 heterocycles. The average molecular weight is 256 g/mol. The number of hydrogen-bond acceptors (Lipinski definition) is 3. The summed E-state index contributed by atoms with van der Waals surface area (Å²) < 4.78 is 0. The molecule has 1 aliphatic carbocycles. The van der Waals surface area contributed by atoms with Crippen LogP contribution in [0.15, 0.2) is 0 Å². The van der Waals surface area contributed by atoms with Crippen LogP contribution in [0.25, 0.3) is 0 Å². The van der Waals surface area contributed by atoms with Crippen LogP contribution in [-0.4, -0.2) is 29.6 Å². The van der Waals surface area contributed by atoms with Crippen molar-refractivity contribution in [2.45, 2.75) is 51.5 Å². The first-order chi connectivity index (χ1) is 8.50. The molecule has 104 valence electrons. The Kier molecular flexibility index (Phi) is 6.12. The van der Waals surface area contributed by atoms with Crippen LogP contribution in [0, 0.1) is 11.8 Å².